The van der Waals surface area contributed by atoms with Crippen LogP contribution < -0.4 is 4.74 Å². The molecule has 0 aliphatic carbocycles. The number of hydrogen-bond donors (Lipinski definition) is 0. The van der Waals surface area contributed by atoms with E-state index < -0.39 is 4.92 Å². The summed E-state index contributed by atoms with van der Waals surface area (Å²) in [6.07, 6.45) is 0.794. The second-order valence-electron chi connectivity index (χ2n) is 5.51. The van der Waals surface area contributed by atoms with Crippen LogP contribution in [-0.4, -0.2) is 37.5 Å². The van der Waals surface area contributed by atoms with E-state index in [-0.39, 0.29) is 5.69 Å². The standard InChI is InChI=1S/C17H17N5O3S/c1-13-3-5-14(6-4-13)21-17(18-19-20-21)26-12-2-11-25-16-9-7-15(8-10-16)22(23)24/h3-10H,2,11-12H2,1H3. The first-order chi connectivity index (χ1) is 12.6. The van der Waals surface area contributed by atoms with Crippen LogP contribution in [0.5, 0.6) is 5.75 Å². The van der Waals surface area contributed by atoms with Crippen LogP contribution in [0.15, 0.2) is 53.7 Å². The lowest BCUT2D eigenvalue weighted by Gasteiger charge is -2.06. The molecule has 0 aliphatic rings. The monoisotopic (exact) mass is 371 g/mol. The van der Waals surface area contributed by atoms with E-state index in [9.17, 15) is 10.1 Å². The molecular weight excluding hydrogens is 354 g/mol. The Morgan fingerprint density at radius 2 is 1.88 bits per heavy atom. The van der Waals surface area contributed by atoms with Gasteiger partial charge < -0.3 is 4.74 Å². The molecule has 0 aliphatic heterocycles. The molecule has 0 unspecified atom stereocenters. The van der Waals surface area contributed by atoms with Crippen LogP contribution in [0.25, 0.3) is 5.69 Å². The quantitative estimate of drug-likeness (QED) is 0.259. The third-order valence-corrected chi connectivity index (χ3v) is 4.56. The van der Waals surface area contributed by atoms with Crippen LogP contribution in [0, 0.1) is 17.0 Å². The number of aryl methyl sites for hydroxylation is 1. The predicted octanol–water partition coefficient (Wildman–Crippen LogP) is 3.44. The van der Waals surface area contributed by atoms with Crippen molar-refractivity contribution in [3.05, 3.63) is 64.2 Å². The molecule has 0 N–H and O–H groups in total. The fraction of sp³-hybridized carbons (Fsp3) is 0.235. The fourth-order valence-corrected chi connectivity index (χ4v) is 3.00. The highest BCUT2D eigenvalue weighted by Gasteiger charge is 2.09. The average Bonchev–Trinajstić information content (AvgIpc) is 3.11. The molecule has 0 saturated heterocycles. The molecule has 0 fully saturated rings. The molecular formula is C17H17N5O3S. The second kappa shape index (κ2) is 8.43. The average molecular weight is 371 g/mol. The lowest BCUT2D eigenvalue weighted by atomic mass is 10.2. The molecule has 0 amide bonds. The summed E-state index contributed by atoms with van der Waals surface area (Å²) in [5.41, 5.74) is 2.15. The van der Waals surface area contributed by atoms with Gasteiger partial charge >= 0.3 is 0 Å². The van der Waals surface area contributed by atoms with Crippen molar-refractivity contribution < 1.29 is 9.66 Å². The van der Waals surface area contributed by atoms with E-state index in [1.54, 1.807) is 28.6 Å². The molecule has 134 valence electrons. The minimum absolute atomic E-state index is 0.0517. The summed E-state index contributed by atoms with van der Waals surface area (Å²) in [7, 11) is 0. The molecule has 8 nitrogen and oxygen atoms in total. The molecule has 0 bridgehead atoms. The van der Waals surface area contributed by atoms with Crippen molar-refractivity contribution in [3.8, 4) is 11.4 Å². The number of nitro groups is 1. The number of benzene rings is 2. The van der Waals surface area contributed by atoms with E-state index in [0.717, 1.165) is 23.0 Å². The molecule has 1 aromatic heterocycles. The summed E-state index contributed by atoms with van der Waals surface area (Å²) >= 11 is 1.55. The van der Waals surface area contributed by atoms with Gasteiger partial charge in [-0.3, -0.25) is 10.1 Å². The second-order valence-corrected chi connectivity index (χ2v) is 6.57. The minimum atomic E-state index is -0.432. The highest BCUT2D eigenvalue weighted by Crippen LogP contribution is 2.20. The number of nitrogens with zero attached hydrogens (tertiary/aromatic N) is 5. The Balaban J connectivity index is 1.46. The molecule has 0 radical (unpaired) electrons. The Morgan fingerprint density at radius 3 is 2.58 bits per heavy atom. The van der Waals surface area contributed by atoms with Crippen molar-refractivity contribution in [1.82, 2.24) is 20.2 Å². The van der Waals surface area contributed by atoms with E-state index in [4.69, 9.17) is 4.74 Å². The van der Waals surface area contributed by atoms with Gasteiger partial charge in [-0.15, -0.1) is 5.10 Å². The fourth-order valence-electron chi connectivity index (χ4n) is 2.19. The highest BCUT2D eigenvalue weighted by molar-refractivity contribution is 7.99. The summed E-state index contributed by atoms with van der Waals surface area (Å²) in [4.78, 5) is 10.2. The largest absolute Gasteiger partial charge is 0.494 e. The maximum Gasteiger partial charge on any atom is 0.269 e. The van der Waals surface area contributed by atoms with Gasteiger partial charge in [0, 0.05) is 17.9 Å². The summed E-state index contributed by atoms with van der Waals surface area (Å²) in [5.74, 6) is 1.41. The van der Waals surface area contributed by atoms with Crippen molar-refractivity contribution in [2.45, 2.75) is 18.5 Å². The van der Waals surface area contributed by atoms with Gasteiger partial charge in [-0.25, -0.2) is 0 Å². The lowest BCUT2D eigenvalue weighted by molar-refractivity contribution is -0.384. The molecule has 2 aromatic carbocycles. The normalized spacial score (nSPS) is 10.7. The van der Waals surface area contributed by atoms with E-state index >= 15 is 0 Å². The van der Waals surface area contributed by atoms with Gasteiger partial charge in [0.15, 0.2) is 0 Å². The van der Waals surface area contributed by atoms with Gasteiger partial charge in [0.1, 0.15) is 5.75 Å². The zero-order chi connectivity index (χ0) is 18.4. The van der Waals surface area contributed by atoms with Crippen LogP contribution in [-0.2, 0) is 0 Å². The summed E-state index contributed by atoms with van der Waals surface area (Å²) in [6, 6.07) is 14.1. The van der Waals surface area contributed by atoms with Gasteiger partial charge in [-0.1, -0.05) is 29.5 Å². The number of rotatable bonds is 8. The van der Waals surface area contributed by atoms with Crippen molar-refractivity contribution >= 4 is 17.4 Å². The maximum absolute atomic E-state index is 10.6. The zero-order valence-corrected chi connectivity index (χ0v) is 14.9. The summed E-state index contributed by atoms with van der Waals surface area (Å²) in [6.45, 7) is 2.54. The SMILES string of the molecule is Cc1ccc(-n2nnnc2SCCCOc2ccc([N+](=O)[O-])cc2)cc1. The Bertz CT molecular complexity index is 865. The van der Waals surface area contributed by atoms with Gasteiger partial charge in [-0.2, -0.15) is 4.68 Å². The van der Waals surface area contributed by atoms with Crippen molar-refractivity contribution in [2.75, 3.05) is 12.4 Å². The Hall–Kier alpha value is -2.94. The van der Waals surface area contributed by atoms with E-state index in [1.165, 1.54) is 17.7 Å². The highest BCUT2D eigenvalue weighted by atomic mass is 32.2. The first kappa shape index (κ1) is 17.9. The molecule has 0 atom stereocenters. The van der Waals surface area contributed by atoms with E-state index in [0.29, 0.717) is 12.4 Å². The Morgan fingerprint density at radius 1 is 1.15 bits per heavy atom. The number of ether oxygens (including phenoxy) is 1. The molecule has 3 aromatic rings. The van der Waals surface area contributed by atoms with Gasteiger partial charge in [-0.05, 0) is 48.0 Å². The van der Waals surface area contributed by atoms with Crippen molar-refractivity contribution in [2.24, 2.45) is 0 Å². The van der Waals surface area contributed by atoms with Gasteiger partial charge in [0.2, 0.25) is 5.16 Å². The first-order valence-corrected chi connectivity index (χ1v) is 8.97. The number of thioether (sulfide) groups is 1. The summed E-state index contributed by atoms with van der Waals surface area (Å²) < 4.78 is 7.30. The first-order valence-electron chi connectivity index (χ1n) is 7.99. The Kier molecular flexibility index (Phi) is 5.80. The number of nitro benzene ring substituents is 1. The predicted molar refractivity (Wildman–Crippen MR) is 97.8 cm³/mol. The molecule has 3 rings (SSSR count). The third kappa shape index (κ3) is 4.57. The van der Waals surface area contributed by atoms with Crippen LogP contribution in [0.3, 0.4) is 0 Å². The summed E-state index contributed by atoms with van der Waals surface area (Å²) in [5, 5.41) is 23.2. The Labute approximate surface area is 154 Å². The number of non-ortho nitro benzene ring substituents is 1. The third-order valence-electron chi connectivity index (χ3n) is 3.56. The number of hydrogen-bond acceptors (Lipinski definition) is 7. The topological polar surface area (TPSA) is 96.0 Å². The molecule has 9 heteroatoms. The number of tetrazole rings is 1. The van der Waals surface area contributed by atoms with Gasteiger partial charge in [0.05, 0.1) is 17.2 Å². The van der Waals surface area contributed by atoms with Crippen LogP contribution in [0.4, 0.5) is 5.69 Å². The minimum Gasteiger partial charge on any atom is -0.494 e. The molecule has 0 saturated carbocycles. The van der Waals surface area contributed by atoms with Crippen LogP contribution in [0.2, 0.25) is 0 Å². The zero-order valence-electron chi connectivity index (χ0n) is 14.1. The van der Waals surface area contributed by atoms with E-state index in [1.807, 2.05) is 31.2 Å². The molecule has 1 heterocycles. The van der Waals surface area contributed by atoms with Gasteiger partial charge in [0.25, 0.3) is 5.69 Å². The number of aromatic nitrogens is 4. The maximum atomic E-state index is 10.6. The van der Waals surface area contributed by atoms with Crippen molar-refractivity contribution in [3.63, 3.8) is 0 Å². The molecule has 0 spiro atoms. The van der Waals surface area contributed by atoms with Crippen LogP contribution >= 0.6 is 11.8 Å². The molecule has 26 heavy (non-hydrogen) atoms. The van der Waals surface area contributed by atoms with E-state index in [2.05, 4.69) is 15.5 Å². The van der Waals surface area contributed by atoms with Crippen molar-refractivity contribution in [1.29, 1.82) is 0 Å². The smallest absolute Gasteiger partial charge is 0.269 e. The lowest BCUT2D eigenvalue weighted by Crippen LogP contribution is -2.01. The van der Waals surface area contributed by atoms with Crippen LogP contribution in [0.1, 0.15) is 12.0 Å².